The lowest BCUT2D eigenvalue weighted by molar-refractivity contribution is 0.0946. The van der Waals surface area contributed by atoms with Crippen LogP contribution in [0.15, 0.2) is 5.38 Å². The van der Waals surface area contributed by atoms with Crippen LogP contribution >= 0.6 is 11.3 Å². The first-order chi connectivity index (χ1) is 8.45. The maximum Gasteiger partial charge on any atom is 0.0935 e. The summed E-state index contributed by atoms with van der Waals surface area (Å²) in [7, 11) is 0. The average molecular weight is 268 g/mol. The Labute approximate surface area is 114 Å². The summed E-state index contributed by atoms with van der Waals surface area (Å²) >= 11 is 1.73. The van der Waals surface area contributed by atoms with Crippen LogP contribution in [0.1, 0.15) is 44.3 Å². The second kappa shape index (κ2) is 5.27. The van der Waals surface area contributed by atoms with Crippen molar-refractivity contribution in [3.63, 3.8) is 0 Å². The van der Waals surface area contributed by atoms with E-state index in [2.05, 4.69) is 31.5 Å². The first-order valence-corrected chi connectivity index (χ1v) is 7.60. The number of hydrogen-bond donors (Lipinski definition) is 2. The van der Waals surface area contributed by atoms with Crippen molar-refractivity contribution in [1.29, 1.82) is 0 Å². The predicted molar refractivity (Wildman–Crippen MR) is 76.1 cm³/mol. The van der Waals surface area contributed by atoms with Crippen LogP contribution in [0.3, 0.4) is 0 Å². The smallest absolute Gasteiger partial charge is 0.0935 e. The molecule has 3 nitrogen and oxygen atoms in total. The van der Waals surface area contributed by atoms with E-state index < -0.39 is 0 Å². The van der Waals surface area contributed by atoms with E-state index >= 15 is 0 Å². The molecule has 2 heterocycles. The topological polar surface area (TPSA) is 45.1 Å². The Kier molecular flexibility index (Phi) is 4.09. The van der Waals surface area contributed by atoms with Gasteiger partial charge in [-0.15, -0.1) is 11.3 Å². The Hall–Kier alpha value is -0.450. The van der Waals surface area contributed by atoms with E-state index in [1.54, 1.807) is 11.3 Å². The zero-order chi connectivity index (χ0) is 13.2. The van der Waals surface area contributed by atoms with Gasteiger partial charge in [-0.3, -0.25) is 0 Å². The molecule has 4 heteroatoms. The summed E-state index contributed by atoms with van der Waals surface area (Å²) in [5.74, 6) is 0. The number of hydrogen-bond acceptors (Lipinski definition) is 4. The molecule has 1 unspecified atom stereocenters. The number of aliphatic hydroxyl groups excluding tert-OH is 1. The summed E-state index contributed by atoms with van der Waals surface area (Å²) in [5.41, 5.74) is 1.29. The first kappa shape index (κ1) is 14.0. The van der Waals surface area contributed by atoms with Gasteiger partial charge in [0.05, 0.1) is 17.3 Å². The summed E-state index contributed by atoms with van der Waals surface area (Å²) in [6, 6.07) is 0. The number of aromatic nitrogens is 1. The lowest BCUT2D eigenvalue weighted by Crippen LogP contribution is -2.44. The normalized spacial score (nSPS) is 25.3. The van der Waals surface area contributed by atoms with Crippen LogP contribution in [0.5, 0.6) is 0 Å². The van der Waals surface area contributed by atoms with Crippen molar-refractivity contribution in [3.8, 4) is 0 Å². The van der Waals surface area contributed by atoms with Crippen LogP contribution in [-0.2, 0) is 11.8 Å². The van der Waals surface area contributed by atoms with E-state index in [0.717, 1.165) is 37.4 Å². The molecule has 0 aromatic carbocycles. The fourth-order valence-corrected chi connectivity index (χ4v) is 3.62. The van der Waals surface area contributed by atoms with Crippen molar-refractivity contribution in [1.82, 2.24) is 10.3 Å². The molecule has 1 aliphatic rings. The number of piperidine rings is 1. The fraction of sp³-hybridized carbons (Fsp3) is 0.786. The lowest BCUT2D eigenvalue weighted by atomic mass is 9.79. The van der Waals surface area contributed by atoms with Gasteiger partial charge in [0.15, 0.2) is 0 Å². The van der Waals surface area contributed by atoms with Gasteiger partial charge in [0.25, 0.3) is 0 Å². The van der Waals surface area contributed by atoms with Crippen molar-refractivity contribution in [2.24, 2.45) is 5.41 Å². The molecule has 2 rings (SSSR count). The Morgan fingerprint density at radius 3 is 2.78 bits per heavy atom. The standard InChI is InChI=1S/C14H24N2OS/c1-13(2,3)11-8-18-12(16-11)7-14(10-17)5-4-6-15-9-14/h8,15,17H,4-7,9-10H2,1-3H3. The van der Waals surface area contributed by atoms with Gasteiger partial charge in [-0.25, -0.2) is 4.98 Å². The van der Waals surface area contributed by atoms with E-state index in [1.807, 2.05) is 0 Å². The molecule has 1 saturated heterocycles. The van der Waals surface area contributed by atoms with Gasteiger partial charge in [0.2, 0.25) is 0 Å². The molecular formula is C14H24N2OS. The molecule has 1 aromatic heterocycles. The van der Waals surface area contributed by atoms with Crippen molar-refractivity contribution < 1.29 is 5.11 Å². The number of nitrogens with zero attached hydrogens (tertiary/aromatic N) is 1. The number of aliphatic hydroxyl groups is 1. The molecule has 0 amide bonds. The molecule has 0 radical (unpaired) electrons. The zero-order valence-corrected chi connectivity index (χ0v) is 12.4. The summed E-state index contributed by atoms with van der Waals surface area (Å²) in [5, 5.41) is 16.4. The molecule has 18 heavy (non-hydrogen) atoms. The summed E-state index contributed by atoms with van der Waals surface area (Å²) < 4.78 is 0. The third-order valence-electron chi connectivity index (χ3n) is 3.74. The van der Waals surface area contributed by atoms with Gasteiger partial charge >= 0.3 is 0 Å². The monoisotopic (exact) mass is 268 g/mol. The second-order valence-corrected chi connectivity index (χ2v) is 7.43. The number of nitrogens with one attached hydrogen (secondary N) is 1. The molecule has 1 fully saturated rings. The highest BCUT2D eigenvalue weighted by Gasteiger charge is 2.33. The third kappa shape index (κ3) is 3.11. The maximum atomic E-state index is 9.71. The molecule has 0 bridgehead atoms. The van der Waals surface area contributed by atoms with Crippen LogP contribution in [0.25, 0.3) is 0 Å². The summed E-state index contributed by atoms with van der Waals surface area (Å²) in [6.45, 7) is 8.81. The van der Waals surface area contributed by atoms with Gasteiger partial charge in [0.1, 0.15) is 0 Å². The van der Waals surface area contributed by atoms with Gasteiger partial charge < -0.3 is 10.4 Å². The Morgan fingerprint density at radius 2 is 2.28 bits per heavy atom. The van der Waals surface area contributed by atoms with E-state index in [0.29, 0.717) is 0 Å². The molecule has 1 aliphatic heterocycles. The van der Waals surface area contributed by atoms with Crippen LogP contribution in [-0.4, -0.2) is 29.8 Å². The van der Waals surface area contributed by atoms with Crippen LogP contribution in [0.2, 0.25) is 0 Å². The molecule has 2 N–H and O–H groups in total. The number of thiazole rings is 1. The van der Waals surface area contributed by atoms with E-state index in [9.17, 15) is 5.11 Å². The molecular weight excluding hydrogens is 244 g/mol. The van der Waals surface area contributed by atoms with Crippen LogP contribution in [0, 0.1) is 5.41 Å². The molecule has 0 saturated carbocycles. The van der Waals surface area contributed by atoms with Crippen molar-refractivity contribution >= 4 is 11.3 Å². The van der Waals surface area contributed by atoms with Crippen molar-refractivity contribution in [2.75, 3.05) is 19.7 Å². The highest BCUT2D eigenvalue weighted by atomic mass is 32.1. The maximum absolute atomic E-state index is 9.71. The van der Waals surface area contributed by atoms with Gasteiger partial charge in [-0.05, 0) is 19.4 Å². The molecule has 1 atom stereocenters. The molecule has 1 aromatic rings. The molecule has 0 aliphatic carbocycles. The Balaban J connectivity index is 2.10. The molecule has 0 spiro atoms. The van der Waals surface area contributed by atoms with Crippen LogP contribution in [0.4, 0.5) is 0 Å². The minimum atomic E-state index is 0.00522. The fourth-order valence-electron chi connectivity index (χ4n) is 2.43. The largest absolute Gasteiger partial charge is 0.396 e. The molecule has 102 valence electrons. The third-order valence-corrected chi connectivity index (χ3v) is 4.59. The van der Waals surface area contributed by atoms with Crippen molar-refractivity contribution in [2.45, 2.75) is 45.4 Å². The predicted octanol–water partition coefficient (Wildman–Crippen LogP) is 2.35. The summed E-state index contributed by atoms with van der Waals surface area (Å²) in [6.07, 6.45) is 3.15. The minimum Gasteiger partial charge on any atom is -0.396 e. The SMILES string of the molecule is CC(C)(C)c1csc(CC2(CO)CCCNC2)n1. The van der Waals surface area contributed by atoms with E-state index in [-0.39, 0.29) is 17.4 Å². The Bertz CT molecular complexity index is 389. The lowest BCUT2D eigenvalue weighted by Gasteiger charge is -2.35. The van der Waals surface area contributed by atoms with E-state index in [1.165, 1.54) is 5.69 Å². The van der Waals surface area contributed by atoms with E-state index in [4.69, 9.17) is 4.98 Å². The van der Waals surface area contributed by atoms with Gasteiger partial charge in [-0.2, -0.15) is 0 Å². The van der Waals surface area contributed by atoms with Gasteiger partial charge in [0, 0.05) is 29.2 Å². The zero-order valence-electron chi connectivity index (χ0n) is 11.6. The average Bonchev–Trinajstić information content (AvgIpc) is 2.78. The van der Waals surface area contributed by atoms with Gasteiger partial charge in [-0.1, -0.05) is 20.8 Å². The summed E-state index contributed by atoms with van der Waals surface area (Å²) in [4.78, 5) is 4.75. The highest BCUT2D eigenvalue weighted by Crippen LogP contribution is 2.32. The van der Waals surface area contributed by atoms with Crippen LogP contribution < -0.4 is 5.32 Å². The minimum absolute atomic E-state index is 0.00522. The first-order valence-electron chi connectivity index (χ1n) is 6.72. The quantitative estimate of drug-likeness (QED) is 0.884. The highest BCUT2D eigenvalue weighted by molar-refractivity contribution is 7.09. The van der Waals surface area contributed by atoms with Crippen molar-refractivity contribution in [3.05, 3.63) is 16.1 Å². The Morgan fingerprint density at radius 1 is 1.50 bits per heavy atom. The number of rotatable bonds is 3. The second-order valence-electron chi connectivity index (χ2n) is 6.49.